The molecule has 2 heterocycles. The summed E-state index contributed by atoms with van der Waals surface area (Å²) in [5.41, 5.74) is 3.63. The number of fused-ring (bicyclic) bond motifs is 1. The van der Waals surface area contributed by atoms with Gasteiger partial charge in [-0.25, -0.2) is 9.97 Å². The summed E-state index contributed by atoms with van der Waals surface area (Å²) in [5, 5.41) is 6.63. The van der Waals surface area contributed by atoms with E-state index in [0.717, 1.165) is 16.6 Å². The van der Waals surface area contributed by atoms with Crippen LogP contribution in [0.25, 0.3) is 17.0 Å². The molecule has 3 amide bonds. The van der Waals surface area contributed by atoms with Gasteiger partial charge < -0.3 is 20.3 Å². The number of anilines is 2. The maximum atomic E-state index is 12.8. The van der Waals surface area contributed by atoms with Crippen LogP contribution < -0.4 is 20.3 Å². The second kappa shape index (κ2) is 12.9. The molecule has 4 rings (SSSR count). The number of carbonyl (C=O) groups excluding carboxylic acids is 3. The highest BCUT2D eigenvalue weighted by molar-refractivity contribution is 6.31. The number of aryl methyl sites for hydroxylation is 1. The second-order valence-corrected chi connectivity index (χ2v) is 9.41. The van der Waals surface area contributed by atoms with Gasteiger partial charge in [0, 0.05) is 53.6 Å². The van der Waals surface area contributed by atoms with Crippen LogP contribution in [0.4, 0.5) is 11.5 Å². The molecule has 0 aliphatic heterocycles. The Labute approximate surface area is 236 Å². The first-order chi connectivity index (χ1) is 19.2. The molecule has 0 aliphatic carbocycles. The van der Waals surface area contributed by atoms with E-state index in [1.807, 2.05) is 37.3 Å². The monoisotopic (exact) mass is 557 g/mol. The highest BCUT2D eigenvalue weighted by Gasteiger charge is 2.14. The number of carbonyl (C=O) groups is 3. The molecule has 0 bridgehead atoms. The number of amides is 3. The van der Waals surface area contributed by atoms with Gasteiger partial charge >= 0.3 is 0 Å². The maximum absolute atomic E-state index is 12.8. The number of halogens is 1. The molecule has 0 saturated heterocycles. The number of aromatic nitrogens is 2. The van der Waals surface area contributed by atoms with E-state index >= 15 is 0 Å². The van der Waals surface area contributed by atoms with Crippen molar-refractivity contribution in [1.29, 1.82) is 0 Å². The first-order valence-corrected chi connectivity index (χ1v) is 12.8. The van der Waals surface area contributed by atoms with Crippen molar-refractivity contribution < 1.29 is 19.1 Å². The molecule has 0 fully saturated rings. The van der Waals surface area contributed by atoms with Crippen LogP contribution >= 0.6 is 11.6 Å². The third kappa shape index (κ3) is 7.42. The van der Waals surface area contributed by atoms with E-state index in [9.17, 15) is 14.4 Å². The SMILES string of the molecule is CC(=O)Nc1ccc(/C=C/C(=O)NCC(=O)N(C)c2ccc(Cl)c(COc3cccc4ccc(C)nc34)c2)cn1. The van der Waals surface area contributed by atoms with Crippen molar-refractivity contribution in [3.05, 3.63) is 94.8 Å². The summed E-state index contributed by atoms with van der Waals surface area (Å²) in [6.45, 7) is 3.31. The number of benzene rings is 2. The molecule has 0 aliphatic rings. The summed E-state index contributed by atoms with van der Waals surface area (Å²) in [4.78, 5) is 46.2. The fourth-order valence-electron chi connectivity index (χ4n) is 3.78. The Hall–Kier alpha value is -4.76. The van der Waals surface area contributed by atoms with E-state index in [-0.39, 0.29) is 25.0 Å². The van der Waals surface area contributed by atoms with Gasteiger partial charge in [-0.05, 0) is 61.0 Å². The Kier molecular flexibility index (Phi) is 9.08. The quantitative estimate of drug-likeness (QED) is 0.282. The van der Waals surface area contributed by atoms with Gasteiger partial charge in [0.25, 0.3) is 0 Å². The molecule has 10 heteroatoms. The molecule has 9 nitrogen and oxygen atoms in total. The Morgan fingerprint density at radius 1 is 1.07 bits per heavy atom. The van der Waals surface area contributed by atoms with Gasteiger partial charge in [-0.2, -0.15) is 0 Å². The van der Waals surface area contributed by atoms with Gasteiger partial charge in [-0.1, -0.05) is 29.8 Å². The van der Waals surface area contributed by atoms with Crippen molar-refractivity contribution in [3.8, 4) is 5.75 Å². The highest BCUT2D eigenvalue weighted by atomic mass is 35.5. The minimum absolute atomic E-state index is 0.186. The topological polar surface area (TPSA) is 114 Å². The van der Waals surface area contributed by atoms with Crippen LogP contribution in [0, 0.1) is 6.92 Å². The first-order valence-electron chi connectivity index (χ1n) is 12.4. The lowest BCUT2D eigenvalue weighted by Crippen LogP contribution is -2.37. The smallest absolute Gasteiger partial charge is 0.246 e. The molecule has 0 unspecified atom stereocenters. The molecule has 4 aromatic rings. The van der Waals surface area contributed by atoms with Crippen LogP contribution in [-0.4, -0.2) is 41.3 Å². The lowest BCUT2D eigenvalue weighted by atomic mass is 10.1. The third-order valence-corrected chi connectivity index (χ3v) is 6.30. The number of hydrogen-bond acceptors (Lipinski definition) is 6. The van der Waals surface area contributed by atoms with Gasteiger partial charge in [0.15, 0.2) is 0 Å². The summed E-state index contributed by atoms with van der Waals surface area (Å²) in [7, 11) is 1.62. The molecule has 0 spiro atoms. The standard InChI is InChI=1S/C30H28ClN5O4/c1-19-7-10-22-5-4-6-26(30(22)34-19)40-18-23-15-24(11-12-25(23)31)36(3)29(39)17-33-28(38)14-9-21-8-13-27(32-16-21)35-20(2)37/h4-16H,17-18H2,1-3H3,(H,33,38)(H,32,35,37)/b14-9+. The van der Waals surface area contributed by atoms with Crippen LogP contribution in [0.5, 0.6) is 5.75 Å². The summed E-state index contributed by atoms with van der Waals surface area (Å²) in [6, 6.07) is 18.2. The summed E-state index contributed by atoms with van der Waals surface area (Å²) in [6.07, 6.45) is 4.39. The highest BCUT2D eigenvalue weighted by Crippen LogP contribution is 2.28. The number of nitrogens with one attached hydrogen (secondary N) is 2. The zero-order chi connectivity index (χ0) is 28.6. The van der Waals surface area contributed by atoms with Crippen molar-refractivity contribution in [3.63, 3.8) is 0 Å². The summed E-state index contributed by atoms with van der Waals surface area (Å²) in [5.74, 6) is 0.0898. The van der Waals surface area contributed by atoms with Crippen molar-refractivity contribution in [1.82, 2.24) is 15.3 Å². The van der Waals surface area contributed by atoms with Crippen LogP contribution in [-0.2, 0) is 21.0 Å². The Morgan fingerprint density at radius 2 is 1.90 bits per heavy atom. The maximum Gasteiger partial charge on any atom is 0.246 e. The number of pyridine rings is 2. The fraction of sp³-hybridized carbons (Fsp3) is 0.167. The molecular formula is C30H28ClN5O4. The van der Waals surface area contributed by atoms with E-state index < -0.39 is 5.91 Å². The minimum Gasteiger partial charge on any atom is -0.487 e. The fourth-order valence-corrected chi connectivity index (χ4v) is 3.96. The molecule has 2 aromatic carbocycles. The predicted molar refractivity (Wildman–Crippen MR) is 156 cm³/mol. The van der Waals surface area contributed by atoms with E-state index in [0.29, 0.717) is 33.4 Å². The molecule has 2 aromatic heterocycles. The zero-order valence-electron chi connectivity index (χ0n) is 22.3. The van der Waals surface area contributed by atoms with E-state index in [1.165, 1.54) is 24.1 Å². The molecule has 204 valence electrons. The average molecular weight is 558 g/mol. The Bertz CT molecular complexity index is 1590. The molecular weight excluding hydrogens is 530 g/mol. The van der Waals surface area contributed by atoms with Crippen molar-refractivity contribution >= 4 is 57.8 Å². The van der Waals surface area contributed by atoms with Crippen LogP contribution in [0.2, 0.25) is 5.02 Å². The first kappa shape index (κ1) is 28.3. The van der Waals surface area contributed by atoms with Crippen molar-refractivity contribution in [2.24, 2.45) is 0 Å². The molecule has 40 heavy (non-hydrogen) atoms. The molecule has 0 radical (unpaired) electrons. The Morgan fingerprint density at radius 3 is 2.65 bits per heavy atom. The summed E-state index contributed by atoms with van der Waals surface area (Å²) < 4.78 is 6.06. The van der Waals surface area contributed by atoms with Gasteiger partial charge in [0.2, 0.25) is 17.7 Å². The van der Waals surface area contributed by atoms with Gasteiger partial charge in [-0.15, -0.1) is 0 Å². The number of nitrogens with zero attached hydrogens (tertiary/aromatic N) is 3. The van der Waals surface area contributed by atoms with Crippen LogP contribution in [0.3, 0.4) is 0 Å². The second-order valence-electron chi connectivity index (χ2n) is 9.01. The van der Waals surface area contributed by atoms with Crippen LogP contribution in [0.1, 0.15) is 23.7 Å². The number of para-hydroxylation sites is 1. The normalized spacial score (nSPS) is 10.9. The van der Waals surface area contributed by atoms with E-state index in [2.05, 4.69) is 20.6 Å². The van der Waals surface area contributed by atoms with Gasteiger partial charge in [0.05, 0.1) is 6.54 Å². The van der Waals surface area contributed by atoms with E-state index in [1.54, 1.807) is 43.5 Å². The lowest BCUT2D eigenvalue weighted by molar-refractivity contribution is -0.122. The van der Waals surface area contributed by atoms with Crippen LogP contribution in [0.15, 0.2) is 72.9 Å². The molecule has 2 N–H and O–H groups in total. The van der Waals surface area contributed by atoms with E-state index in [4.69, 9.17) is 16.3 Å². The van der Waals surface area contributed by atoms with Crippen molar-refractivity contribution in [2.75, 3.05) is 23.8 Å². The molecule has 0 saturated carbocycles. The van der Waals surface area contributed by atoms with Crippen molar-refractivity contribution in [2.45, 2.75) is 20.5 Å². The third-order valence-electron chi connectivity index (χ3n) is 5.93. The number of ether oxygens (including phenoxy) is 1. The van der Waals surface area contributed by atoms with Gasteiger partial charge in [0.1, 0.15) is 23.7 Å². The summed E-state index contributed by atoms with van der Waals surface area (Å²) >= 11 is 6.42. The largest absolute Gasteiger partial charge is 0.487 e. The number of hydrogen-bond donors (Lipinski definition) is 2. The molecule has 0 atom stereocenters. The Balaban J connectivity index is 1.34. The lowest BCUT2D eigenvalue weighted by Gasteiger charge is -2.19. The van der Waals surface area contributed by atoms with Gasteiger partial charge in [-0.3, -0.25) is 14.4 Å². The zero-order valence-corrected chi connectivity index (χ0v) is 23.0. The predicted octanol–water partition coefficient (Wildman–Crippen LogP) is 4.92. The number of rotatable bonds is 9. The number of likely N-dealkylation sites (N-methyl/N-ethyl adjacent to an activating group) is 1. The average Bonchev–Trinajstić information content (AvgIpc) is 2.94. The minimum atomic E-state index is -0.434.